The highest BCUT2D eigenvalue weighted by molar-refractivity contribution is 5.92. The Morgan fingerprint density at radius 3 is 3.11 bits per heavy atom. The number of nitrogens with one attached hydrogen (secondary N) is 2. The lowest BCUT2D eigenvalue weighted by atomic mass is 10.2. The minimum Gasteiger partial charge on any atom is -0.370 e. The van der Waals surface area contributed by atoms with Gasteiger partial charge in [0.05, 0.1) is 0 Å². The van der Waals surface area contributed by atoms with E-state index in [1.165, 1.54) is 12.8 Å². The van der Waals surface area contributed by atoms with Gasteiger partial charge in [-0.15, -0.1) is 0 Å². The van der Waals surface area contributed by atoms with E-state index in [-0.39, 0.29) is 5.91 Å². The van der Waals surface area contributed by atoms with Crippen LogP contribution in [0.15, 0.2) is 18.3 Å². The average molecular weight is 262 g/mol. The molecule has 0 spiro atoms. The van der Waals surface area contributed by atoms with Crippen LogP contribution in [0.25, 0.3) is 0 Å². The fourth-order valence-corrected chi connectivity index (χ4v) is 2.46. The van der Waals surface area contributed by atoms with Gasteiger partial charge >= 0.3 is 0 Å². The molecule has 2 N–H and O–H groups in total. The molecule has 1 aliphatic heterocycles. The molecule has 2 rings (SSSR count). The van der Waals surface area contributed by atoms with E-state index < -0.39 is 0 Å². The number of hydrogen-bond acceptors (Lipinski definition) is 4. The minimum absolute atomic E-state index is 0.142. The van der Waals surface area contributed by atoms with Gasteiger partial charge < -0.3 is 15.5 Å². The Morgan fingerprint density at radius 2 is 2.47 bits per heavy atom. The molecule has 0 aromatic carbocycles. The number of carbonyl (C=O) groups is 1. The molecule has 2 heterocycles. The topological polar surface area (TPSA) is 57.3 Å². The molecule has 1 fully saturated rings. The van der Waals surface area contributed by atoms with Gasteiger partial charge in [-0.05, 0) is 38.4 Å². The molecule has 1 aromatic rings. The summed E-state index contributed by atoms with van der Waals surface area (Å²) in [6, 6.07) is 4.37. The molecule has 19 heavy (non-hydrogen) atoms. The number of anilines is 1. The number of aromatic nitrogens is 1. The first-order valence-corrected chi connectivity index (χ1v) is 6.91. The molecule has 5 heteroatoms. The Kier molecular flexibility index (Phi) is 4.74. The van der Waals surface area contributed by atoms with Gasteiger partial charge in [-0.2, -0.15) is 0 Å². The highest BCUT2D eigenvalue weighted by Crippen LogP contribution is 2.17. The molecule has 1 saturated heterocycles. The molecule has 1 aliphatic rings. The first-order chi connectivity index (χ1) is 9.24. The first kappa shape index (κ1) is 13.8. The molecule has 5 nitrogen and oxygen atoms in total. The average Bonchev–Trinajstić information content (AvgIpc) is 2.97. The van der Waals surface area contributed by atoms with E-state index in [1.807, 2.05) is 12.1 Å². The van der Waals surface area contributed by atoms with Crippen LogP contribution in [-0.2, 0) is 0 Å². The molecule has 0 bridgehead atoms. The molecule has 0 radical (unpaired) electrons. The smallest absolute Gasteiger partial charge is 0.269 e. The van der Waals surface area contributed by atoms with Crippen molar-refractivity contribution in [3.63, 3.8) is 0 Å². The SMILES string of the molecule is CCN(CC1CCCN1)c1ccnc(C(=O)NC)c1. The van der Waals surface area contributed by atoms with E-state index in [4.69, 9.17) is 0 Å². The van der Waals surface area contributed by atoms with Crippen molar-refractivity contribution in [3.05, 3.63) is 24.0 Å². The van der Waals surface area contributed by atoms with Crippen LogP contribution in [0.1, 0.15) is 30.3 Å². The number of carbonyl (C=O) groups excluding carboxylic acids is 1. The standard InChI is InChI=1S/C14H22N4O/c1-3-18(10-11-5-4-7-16-11)12-6-8-17-13(9-12)14(19)15-2/h6,8-9,11,16H,3-5,7,10H2,1-2H3,(H,15,19). The Balaban J connectivity index is 2.10. The van der Waals surface area contributed by atoms with Crippen LogP contribution in [0.3, 0.4) is 0 Å². The Hall–Kier alpha value is -1.62. The molecule has 104 valence electrons. The highest BCUT2D eigenvalue weighted by atomic mass is 16.1. The van der Waals surface area contributed by atoms with E-state index >= 15 is 0 Å². The maximum atomic E-state index is 11.6. The third-order valence-corrected chi connectivity index (χ3v) is 3.55. The number of amides is 1. The van der Waals surface area contributed by atoms with Gasteiger partial charge in [0.1, 0.15) is 5.69 Å². The lowest BCUT2D eigenvalue weighted by Gasteiger charge is -2.26. The van der Waals surface area contributed by atoms with Crippen molar-refractivity contribution >= 4 is 11.6 Å². The maximum Gasteiger partial charge on any atom is 0.269 e. The fourth-order valence-electron chi connectivity index (χ4n) is 2.46. The maximum absolute atomic E-state index is 11.6. The molecular weight excluding hydrogens is 240 g/mol. The Bertz CT molecular complexity index is 429. The van der Waals surface area contributed by atoms with Gasteiger partial charge in [0.15, 0.2) is 0 Å². The molecule has 1 unspecified atom stereocenters. The van der Waals surface area contributed by atoms with Crippen LogP contribution in [0.5, 0.6) is 0 Å². The number of hydrogen-bond donors (Lipinski definition) is 2. The Morgan fingerprint density at radius 1 is 1.63 bits per heavy atom. The second-order valence-electron chi connectivity index (χ2n) is 4.81. The zero-order valence-corrected chi connectivity index (χ0v) is 11.6. The third kappa shape index (κ3) is 3.44. The second-order valence-corrected chi connectivity index (χ2v) is 4.81. The van der Waals surface area contributed by atoms with Gasteiger partial charge in [0.25, 0.3) is 5.91 Å². The van der Waals surface area contributed by atoms with Crippen molar-refractivity contribution in [1.29, 1.82) is 0 Å². The molecule has 1 aromatic heterocycles. The number of nitrogens with zero attached hydrogens (tertiary/aromatic N) is 2. The summed E-state index contributed by atoms with van der Waals surface area (Å²) in [6.07, 6.45) is 4.18. The molecule has 1 atom stereocenters. The number of pyridine rings is 1. The molecular formula is C14H22N4O. The zero-order chi connectivity index (χ0) is 13.7. The van der Waals surface area contributed by atoms with Gasteiger partial charge in [-0.3, -0.25) is 9.78 Å². The summed E-state index contributed by atoms with van der Waals surface area (Å²) in [4.78, 5) is 18.0. The van der Waals surface area contributed by atoms with Crippen LogP contribution in [0.2, 0.25) is 0 Å². The van der Waals surface area contributed by atoms with Crippen molar-refractivity contribution < 1.29 is 4.79 Å². The van der Waals surface area contributed by atoms with Crippen LogP contribution in [0.4, 0.5) is 5.69 Å². The second kappa shape index (κ2) is 6.52. The summed E-state index contributed by atoms with van der Waals surface area (Å²) in [5.41, 5.74) is 1.53. The van der Waals surface area contributed by atoms with Crippen LogP contribution >= 0.6 is 0 Å². The Labute approximate surface area is 114 Å². The third-order valence-electron chi connectivity index (χ3n) is 3.55. The summed E-state index contributed by atoms with van der Waals surface area (Å²) in [5.74, 6) is -0.142. The summed E-state index contributed by atoms with van der Waals surface area (Å²) in [7, 11) is 1.62. The summed E-state index contributed by atoms with van der Waals surface area (Å²) >= 11 is 0. The van der Waals surface area contributed by atoms with Gasteiger partial charge in [0, 0.05) is 38.1 Å². The van der Waals surface area contributed by atoms with E-state index in [0.717, 1.165) is 25.3 Å². The summed E-state index contributed by atoms with van der Waals surface area (Å²) in [6.45, 7) is 5.15. The van der Waals surface area contributed by atoms with Gasteiger partial charge in [0.2, 0.25) is 0 Å². The van der Waals surface area contributed by atoms with Crippen LogP contribution < -0.4 is 15.5 Å². The van der Waals surface area contributed by atoms with E-state index in [2.05, 4.69) is 27.4 Å². The van der Waals surface area contributed by atoms with Crippen molar-refractivity contribution in [2.24, 2.45) is 0 Å². The van der Waals surface area contributed by atoms with Gasteiger partial charge in [-0.25, -0.2) is 0 Å². The molecule has 0 aliphatic carbocycles. The zero-order valence-electron chi connectivity index (χ0n) is 11.6. The van der Waals surface area contributed by atoms with Crippen LogP contribution in [-0.4, -0.2) is 43.6 Å². The first-order valence-electron chi connectivity index (χ1n) is 6.91. The number of likely N-dealkylation sites (N-methyl/N-ethyl adjacent to an activating group) is 1. The van der Waals surface area contributed by atoms with E-state index in [1.54, 1.807) is 13.2 Å². The minimum atomic E-state index is -0.142. The highest BCUT2D eigenvalue weighted by Gasteiger charge is 2.18. The lowest BCUT2D eigenvalue weighted by Crippen LogP contribution is -2.37. The molecule has 0 saturated carbocycles. The predicted octanol–water partition coefficient (Wildman–Crippen LogP) is 1.02. The van der Waals surface area contributed by atoms with E-state index in [0.29, 0.717) is 11.7 Å². The van der Waals surface area contributed by atoms with Crippen molar-refractivity contribution in [2.45, 2.75) is 25.8 Å². The molecule has 1 amide bonds. The largest absolute Gasteiger partial charge is 0.370 e. The van der Waals surface area contributed by atoms with Crippen LogP contribution in [0, 0.1) is 0 Å². The normalized spacial score (nSPS) is 18.3. The quantitative estimate of drug-likeness (QED) is 0.832. The van der Waals surface area contributed by atoms with Crippen molar-refractivity contribution in [3.8, 4) is 0 Å². The van der Waals surface area contributed by atoms with Crippen molar-refractivity contribution in [2.75, 3.05) is 31.6 Å². The summed E-state index contributed by atoms with van der Waals surface area (Å²) < 4.78 is 0. The van der Waals surface area contributed by atoms with Crippen molar-refractivity contribution in [1.82, 2.24) is 15.6 Å². The predicted molar refractivity (Wildman–Crippen MR) is 76.5 cm³/mol. The summed E-state index contributed by atoms with van der Waals surface area (Å²) in [5, 5.41) is 6.11. The fraction of sp³-hybridized carbons (Fsp3) is 0.571. The number of rotatable bonds is 5. The lowest BCUT2D eigenvalue weighted by molar-refractivity contribution is 0.0958. The monoisotopic (exact) mass is 262 g/mol. The van der Waals surface area contributed by atoms with E-state index in [9.17, 15) is 4.79 Å². The van der Waals surface area contributed by atoms with Gasteiger partial charge in [-0.1, -0.05) is 0 Å².